The van der Waals surface area contributed by atoms with Crippen molar-refractivity contribution in [2.45, 2.75) is 31.5 Å². The van der Waals surface area contributed by atoms with Gasteiger partial charge in [0.25, 0.3) is 5.91 Å². The molecular weight excluding hydrogens is 379 g/mol. The summed E-state index contributed by atoms with van der Waals surface area (Å²) in [7, 11) is 0. The third-order valence-electron chi connectivity index (χ3n) is 4.19. The maximum Gasteiger partial charge on any atom is 0.422 e. The molecule has 0 radical (unpaired) electrons. The molecule has 10 heteroatoms. The van der Waals surface area contributed by atoms with Gasteiger partial charge in [-0.1, -0.05) is 0 Å². The fourth-order valence-corrected chi connectivity index (χ4v) is 2.91. The summed E-state index contributed by atoms with van der Waals surface area (Å²) < 4.78 is 46.1. The number of ether oxygens (including phenoxy) is 1. The number of aromatic nitrogens is 1. The van der Waals surface area contributed by atoms with E-state index < -0.39 is 24.7 Å². The zero-order chi connectivity index (χ0) is 20.1. The molecule has 0 bridgehead atoms. The fraction of sp³-hybridized carbons (Fsp3) is 0.389. The van der Waals surface area contributed by atoms with Crippen LogP contribution in [-0.4, -0.2) is 47.1 Å². The molecule has 2 amide bonds. The molecule has 3 rings (SSSR count). The lowest BCUT2D eigenvalue weighted by Gasteiger charge is -2.34. The van der Waals surface area contributed by atoms with Crippen molar-refractivity contribution in [1.29, 1.82) is 0 Å². The zero-order valence-corrected chi connectivity index (χ0v) is 14.7. The highest BCUT2D eigenvalue weighted by atomic mass is 19.4. The summed E-state index contributed by atoms with van der Waals surface area (Å²) in [5, 5.41) is 2.64. The molecular formula is C18H18F3N3O4. The Bertz CT molecular complexity index is 806. The summed E-state index contributed by atoms with van der Waals surface area (Å²) >= 11 is 0. The van der Waals surface area contributed by atoms with Crippen LogP contribution in [0.5, 0.6) is 5.88 Å². The number of carbonyl (C=O) groups is 2. The van der Waals surface area contributed by atoms with Crippen LogP contribution >= 0.6 is 0 Å². The van der Waals surface area contributed by atoms with Gasteiger partial charge in [-0.3, -0.25) is 9.59 Å². The Labute approximate surface area is 158 Å². The van der Waals surface area contributed by atoms with Crippen molar-refractivity contribution in [2.24, 2.45) is 0 Å². The minimum atomic E-state index is -4.46. The number of anilines is 1. The Morgan fingerprint density at radius 2 is 2.11 bits per heavy atom. The molecule has 0 aromatic carbocycles. The molecule has 1 N–H and O–H groups in total. The first-order chi connectivity index (χ1) is 13.3. The normalized spacial score (nSPS) is 17.2. The van der Waals surface area contributed by atoms with Gasteiger partial charge in [0.05, 0.1) is 18.1 Å². The van der Waals surface area contributed by atoms with Gasteiger partial charge in [-0.15, -0.1) is 0 Å². The second-order valence-electron chi connectivity index (χ2n) is 6.27. The van der Waals surface area contributed by atoms with Crippen LogP contribution in [0, 0.1) is 0 Å². The number of nitrogens with one attached hydrogen (secondary N) is 1. The maximum atomic E-state index is 12.7. The average molecular weight is 397 g/mol. The molecule has 1 atom stereocenters. The van der Waals surface area contributed by atoms with Gasteiger partial charge in [-0.05, 0) is 37.5 Å². The molecule has 0 saturated carbocycles. The molecule has 2 aromatic heterocycles. The average Bonchev–Trinajstić information content (AvgIpc) is 3.21. The molecule has 28 heavy (non-hydrogen) atoms. The first-order valence-corrected chi connectivity index (χ1v) is 8.64. The van der Waals surface area contributed by atoms with Crippen LogP contribution in [0.25, 0.3) is 0 Å². The van der Waals surface area contributed by atoms with E-state index >= 15 is 0 Å². The van der Waals surface area contributed by atoms with Crippen molar-refractivity contribution in [3.8, 4) is 5.88 Å². The molecule has 0 aliphatic carbocycles. The van der Waals surface area contributed by atoms with Crippen molar-refractivity contribution in [1.82, 2.24) is 9.88 Å². The lowest BCUT2D eigenvalue weighted by atomic mass is 10.0. The van der Waals surface area contributed by atoms with Crippen molar-refractivity contribution < 1.29 is 31.9 Å². The monoisotopic (exact) mass is 397 g/mol. The van der Waals surface area contributed by atoms with Crippen LogP contribution in [0.4, 0.5) is 18.9 Å². The summed E-state index contributed by atoms with van der Waals surface area (Å²) in [6.07, 6.45) is 0.203. The Hall–Kier alpha value is -3.04. The first-order valence-electron chi connectivity index (χ1n) is 8.64. The number of likely N-dealkylation sites (tertiary alicyclic amines) is 1. The van der Waals surface area contributed by atoms with Gasteiger partial charge >= 0.3 is 6.18 Å². The minimum absolute atomic E-state index is 0.160. The first kappa shape index (κ1) is 19.7. The number of piperidine rings is 1. The van der Waals surface area contributed by atoms with Gasteiger partial charge < -0.3 is 19.4 Å². The predicted octanol–water partition coefficient (Wildman–Crippen LogP) is 3.25. The van der Waals surface area contributed by atoms with Gasteiger partial charge in [0.1, 0.15) is 6.04 Å². The maximum absolute atomic E-state index is 12.7. The standard InChI is InChI=1S/C18H18F3N3O4/c19-18(20,21)11-28-15-7-6-12(10-22-15)23-16(25)13-4-1-2-8-24(13)17(26)14-5-3-9-27-14/h3,5-7,9-10,13H,1-2,4,8,11H2,(H,23,25). The Kier molecular flexibility index (Phi) is 5.86. The number of halogens is 3. The topological polar surface area (TPSA) is 84.7 Å². The third kappa shape index (κ3) is 5.02. The van der Waals surface area contributed by atoms with Crippen molar-refractivity contribution in [3.63, 3.8) is 0 Å². The highest BCUT2D eigenvalue weighted by Crippen LogP contribution is 2.22. The van der Waals surface area contributed by atoms with Crippen LogP contribution < -0.4 is 10.1 Å². The van der Waals surface area contributed by atoms with Gasteiger partial charge in [0.2, 0.25) is 11.8 Å². The molecule has 0 spiro atoms. The van der Waals surface area contributed by atoms with Crippen LogP contribution in [0.15, 0.2) is 41.1 Å². The van der Waals surface area contributed by atoms with E-state index in [1.54, 1.807) is 6.07 Å². The van der Waals surface area contributed by atoms with Crippen LogP contribution in [0.2, 0.25) is 0 Å². The van der Waals surface area contributed by atoms with Crippen molar-refractivity contribution >= 4 is 17.5 Å². The number of alkyl halides is 3. The largest absolute Gasteiger partial charge is 0.468 e. The van der Waals surface area contributed by atoms with E-state index in [0.29, 0.717) is 18.7 Å². The van der Waals surface area contributed by atoms with Crippen molar-refractivity contribution in [3.05, 3.63) is 42.5 Å². The van der Waals surface area contributed by atoms with Gasteiger partial charge in [-0.25, -0.2) is 4.98 Å². The molecule has 1 unspecified atom stereocenters. The highest BCUT2D eigenvalue weighted by molar-refractivity contribution is 6.00. The summed E-state index contributed by atoms with van der Waals surface area (Å²) in [6, 6.07) is 5.08. The number of hydrogen-bond acceptors (Lipinski definition) is 5. The Balaban J connectivity index is 1.63. The number of furan rings is 1. The number of rotatable bonds is 5. The van der Waals surface area contributed by atoms with Gasteiger partial charge in [0.15, 0.2) is 12.4 Å². The number of nitrogens with zero attached hydrogens (tertiary/aromatic N) is 2. The van der Waals surface area contributed by atoms with Crippen LogP contribution in [0.3, 0.4) is 0 Å². The predicted molar refractivity (Wildman–Crippen MR) is 91.8 cm³/mol. The van der Waals surface area contributed by atoms with E-state index in [2.05, 4.69) is 15.0 Å². The fourth-order valence-electron chi connectivity index (χ4n) is 2.91. The number of pyridine rings is 1. The number of carbonyl (C=O) groups excluding carboxylic acids is 2. The lowest BCUT2D eigenvalue weighted by Crippen LogP contribution is -2.49. The van der Waals surface area contributed by atoms with Crippen LogP contribution in [0.1, 0.15) is 29.8 Å². The van der Waals surface area contributed by atoms with E-state index in [1.807, 2.05) is 0 Å². The van der Waals surface area contributed by atoms with E-state index in [4.69, 9.17) is 4.42 Å². The molecule has 1 fully saturated rings. The second kappa shape index (κ2) is 8.32. The third-order valence-corrected chi connectivity index (χ3v) is 4.19. The zero-order valence-electron chi connectivity index (χ0n) is 14.7. The number of hydrogen-bond donors (Lipinski definition) is 1. The van der Waals surface area contributed by atoms with E-state index in [1.165, 1.54) is 35.6 Å². The SMILES string of the molecule is O=C(Nc1ccc(OCC(F)(F)F)nc1)C1CCCCN1C(=O)c1ccco1. The summed E-state index contributed by atoms with van der Waals surface area (Å²) in [6.45, 7) is -1.02. The van der Waals surface area contributed by atoms with Crippen molar-refractivity contribution in [2.75, 3.05) is 18.5 Å². The summed E-state index contributed by atoms with van der Waals surface area (Å²) in [5.41, 5.74) is 0.292. The summed E-state index contributed by atoms with van der Waals surface area (Å²) in [5.74, 6) is -0.806. The smallest absolute Gasteiger partial charge is 0.422 e. The second-order valence-corrected chi connectivity index (χ2v) is 6.27. The minimum Gasteiger partial charge on any atom is -0.468 e. The summed E-state index contributed by atoms with van der Waals surface area (Å²) in [4.78, 5) is 30.4. The molecule has 1 aliphatic rings. The number of amides is 2. The Morgan fingerprint density at radius 1 is 1.29 bits per heavy atom. The molecule has 1 saturated heterocycles. The quantitative estimate of drug-likeness (QED) is 0.837. The van der Waals surface area contributed by atoms with E-state index in [-0.39, 0.29) is 17.5 Å². The van der Waals surface area contributed by atoms with Gasteiger partial charge in [0, 0.05) is 12.6 Å². The molecule has 7 nitrogen and oxygen atoms in total. The Morgan fingerprint density at radius 3 is 2.75 bits per heavy atom. The van der Waals surface area contributed by atoms with E-state index in [9.17, 15) is 22.8 Å². The molecule has 150 valence electrons. The highest BCUT2D eigenvalue weighted by Gasteiger charge is 2.34. The van der Waals surface area contributed by atoms with Gasteiger partial charge in [-0.2, -0.15) is 13.2 Å². The van der Waals surface area contributed by atoms with Crippen LogP contribution in [-0.2, 0) is 4.79 Å². The van der Waals surface area contributed by atoms with E-state index in [0.717, 1.165) is 12.8 Å². The molecule has 2 aromatic rings. The lowest BCUT2D eigenvalue weighted by molar-refractivity contribution is -0.154. The molecule has 1 aliphatic heterocycles. The molecule has 3 heterocycles.